The van der Waals surface area contributed by atoms with Crippen LogP contribution in [0.25, 0.3) is 0 Å². The molecule has 0 aliphatic carbocycles. The lowest BCUT2D eigenvalue weighted by atomic mass is 10.1. The van der Waals surface area contributed by atoms with Crippen molar-refractivity contribution in [1.82, 2.24) is 5.32 Å². The number of allylic oxidation sites excluding steroid dienone is 1. The lowest BCUT2D eigenvalue weighted by molar-refractivity contribution is 0.594. The molecule has 0 aliphatic heterocycles. The van der Waals surface area contributed by atoms with E-state index < -0.39 is 0 Å². The second-order valence-electron chi connectivity index (χ2n) is 4.86. The number of hydrogen-bond acceptors (Lipinski definition) is 1. The highest BCUT2D eigenvalue weighted by molar-refractivity contribution is 6.31. The van der Waals surface area contributed by atoms with Crippen molar-refractivity contribution in [3.05, 3.63) is 46.3 Å². The molecule has 1 nitrogen and oxygen atoms in total. The van der Waals surface area contributed by atoms with Crippen LogP contribution in [0.1, 0.15) is 32.8 Å². The summed E-state index contributed by atoms with van der Waals surface area (Å²) >= 11 is 6.00. The van der Waals surface area contributed by atoms with Crippen LogP contribution in [-0.2, 0) is 6.42 Å². The van der Waals surface area contributed by atoms with Crippen molar-refractivity contribution >= 4 is 11.6 Å². The fourth-order valence-electron chi connectivity index (χ4n) is 1.73. The van der Waals surface area contributed by atoms with E-state index in [0.29, 0.717) is 11.1 Å². The van der Waals surface area contributed by atoms with Gasteiger partial charge in [-0.1, -0.05) is 43.2 Å². The van der Waals surface area contributed by atoms with E-state index in [4.69, 9.17) is 11.6 Å². The molecular weight excluding hydrogens is 249 g/mol. The second kappa shape index (κ2) is 7.55. The molecule has 3 heteroatoms. The first-order chi connectivity index (χ1) is 8.49. The first-order valence-electron chi connectivity index (χ1n) is 6.32. The average molecular weight is 270 g/mol. The smallest absolute Gasteiger partial charge is 0.124 e. The summed E-state index contributed by atoms with van der Waals surface area (Å²) in [6.45, 7) is 7.32. The Bertz CT molecular complexity index is 413. The van der Waals surface area contributed by atoms with Gasteiger partial charge in [-0.2, -0.15) is 0 Å². The van der Waals surface area contributed by atoms with E-state index in [1.54, 1.807) is 6.07 Å². The Labute approximate surface area is 114 Å². The molecule has 1 N–H and O–H groups in total. The van der Waals surface area contributed by atoms with Crippen LogP contribution >= 0.6 is 11.6 Å². The van der Waals surface area contributed by atoms with E-state index in [9.17, 15) is 4.39 Å². The standard InChI is InChI=1S/C15H21ClFN/c1-11(2)18-8-4-5-12(3)9-13-6-7-14(17)10-15(13)16/h5-7,10-11,18H,4,8-9H2,1-3H3. The summed E-state index contributed by atoms with van der Waals surface area (Å²) in [5.74, 6) is -0.286. The molecule has 0 heterocycles. The molecule has 0 aromatic heterocycles. The number of rotatable bonds is 6. The Hall–Kier alpha value is -0.860. The first kappa shape index (κ1) is 15.2. The van der Waals surface area contributed by atoms with Gasteiger partial charge in [0.25, 0.3) is 0 Å². The zero-order chi connectivity index (χ0) is 13.5. The molecule has 0 amide bonds. The van der Waals surface area contributed by atoms with Crippen LogP contribution in [0.2, 0.25) is 5.02 Å². The van der Waals surface area contributed by atoms with Crippen molar-refractivity contribution in [3.8, 4) is 0 Å². The predicted molar refractivity (Wildman–Crippen MR) is 76.6 cm³/mol. The van der Waals surface area contributed by atoms with Gasteiger partial charge in [-0.25, -0.2) is 4.39 Å². The van der Waals surface area contributed by atoms with E-state index in [1.165, 1.54) is 17.7 Å². The average Bonchev–Trinajstić information content (AvgIpc) is 2.28. The largest absolute Gasteiger partial charge is 0.314 e. The summed E-state index contributed by atoms with van der Waals surface area (Å²) in [5, 5.41) is 3.87. The normalized spacial score (nSPS) is 12.2. The maximum absolute atomic E-state index is 12.9. The number of halogens is 2. The molecule has 0 aliphatic rings. The highest BCUT2D eigenvalue weighted by Crippen LogP contribution is 2.20. The molecule has 0 unspecified atom stereocenters. The summed E-state index contributed by atoms with van der Waals surface area (Å²) in [4.78, 5) is 0. The molecule has 0 spiro atoms. The van der Waals surface area contributed by atoms with E-state index in [-0.39, 0.29) is 5.82 Å². The van der Waals surface area contributed by atoms with Gasteiger partial charge in [-0.15, -0.1) is 0 Å². The Balaban J connectivity index is 2.48. The molecule has 0 radical (unpaired) electrons. The van der Waals surface area contributed by atoms with Gasteiger partial charge >= 0.3 is 0 Å². The lowest BCUT2D eigenvalue weighted by Crippen LogP contribution is -2.23. The van der Waals surface area contributed by atoms with Crippen molar-refractivity contribution < 1.29 is 4.39 Å². The molecule has 0 saturated carbocycles. The van der Waals surface area contributed by atoms with Gasteiger partial charge in [0, 0.05) is 11.1 Å². The van der Waals surface area contributed by atoms with Crippen molar-refractivity contribution in [3.63, 3.8) is 0 Å². The van der Waals surface area contributed by atoms with Gasteiger partial charge in [-0.05, 0) is 44.0 Å². The van der Waals surface area contributed by atoms with Gasteiger partial charge < -0.3 is 5.32 Å². The molecule has 18 heavy (non-hydrogen) atoms. The van der Waals surface area contributed by atoms with E-state index in [2.05, 4.69) is 32.2 Å². The van der Waals surface area contributed by atoms with Gasteiger partial charge in [0.15, 0.2) is 0 Å². The molecule has 100 valence electrons. The van der Waals surface area contributed by atoms with Crippen molar-refractivity contribution in [2.45, 2.75) is 39.7 Å². The van der Waals surface area contributed by atoms with Gasteiger partial charge in [-0.3, -0.25) is 0 Å². The van der Waals surface area contributed by atoms with E-state index >= 15 is 0 Å². The molecule has 1 rings (SSSR count). The maximum atomic E-state index is 12.9. The zero-order valence-electron chi connectivity index (χ0n) is 11.3. The fourth-order valence-corrected chi connectivity index (χ4v) is 1.96. The fraction of sp³-hybridized carbons (Fsp3) is 0.467. The van der Waals surface area contributed by atoms with Crippen LogP contribution in [-0.4, -0.2) is 12.6 Å². The first-order valence-corrected chi connectivity index (χ1v) is 6.69. The van der Waals surface area contributed by atoms with Crippen molar-refractivity contribution in [2.75, 3.05) is 6.54 Å². The summed E-state index contributed by atoms with van der Waals surface area (Å²) in [7, 11) is 0. The van der Waals surface area contributed by atoms with Crippen LogP contribution in [0.3, 0.4) is 0 Å². The van der Waals surface area contributed by atoms with Crippen LogP contribution in [0, 0.1) is 5.82 Å². The minimum absolute atomic E-state index is 0.286. The Morgan fingerprint density at radius 2 is 2.17 bits per heavy atom. The number of nitrogens with one attached hydrogen (secondary N) is 1. The maximum Gasteiger partial charge on any atom is 0.124 e. The van der Waals surface area contributed by atoms with E-state index in [0.717, 1.165) is 24.9 Å². The SMILES string of the molecule is CC(=CCCNC(C)C)Cc1ccc(F)cc1Cl. The van der Waals surface area contributed by atoms with Crippen LogP contribution in [0.4, 0.5) is 4.39 Å². The minimum Gasteiger partial charge on any atom is -0.314 e. The third kappa shape index (κ3) is 5.65. The van der Waals surface area contributed by atoms with Crippen molar-refractivity contribution in [1.29, 1.82) is 0 Å². The Kier molecular flexibility index (Phi) is 6.37. The predicted octanol–water partition coefficient (Wildman–Crippen LogP) is 4.36. The minimum atomic E-state index is -0.286. The Morgan fingerprint density at radius 3 is 2.78 bits per heavy atom. The quantitative estimate of drug-likeness (QED) is 0.598. The van der Waals surface area contributed by atoms with Crippen LogP contribution in [0.15, 0.2) is 29.8 Å². The highest BCUT2D eigenvalue weighted by atomic mass is 35.5. The zero-order valence-corrected chi connectivity index (χ0v) is 12.0. The summed E-state index contributed by atoms with van der Waals surface area (Å²) < 4.78 is 12.9. The molecular formula is C15H21ClFN. The molecule has 0 bridgehead atoms. The highest BCUT2D eigenvalue weighted by Gasteiger charge is 2.02. The third-order valence-corrected chi connectivity index (χ3v) is 3.03. The lowest BCUT2D eigenvalue weighted by Gasteiger charge is -2.07. The molecule has 0 fully saturated rings. The summed E-state index contributed by atoms with van der Waals surface area (Å²) in [6, 6.07) is 5.09. The third-order valence-electron chi connectivity index (χ3n) is 2.67. The second-order valence-corrected chi connectivity index (χ2v) is 5.27. The molecule has 0 atom stereocenters. The molecule has 1 aromatic rings. The van der Waals surface area contributed by atoms with Gasteiger partial charge in [0.1, 0.15) is 5.82 Å². The molecule has 1 aromatic carbocycles. The van der Waals surface area contributed by atoms with Gasteiger partial charge in [0.05, 0.1) is 0 Å². The van der Waals surface area contributed by atoms with E-state index in [1.807, 2.05) is 0 Å². The Morgan fingerprint density at radius 1 is 1.44 bits per heavy atom. The van der Waals surface area contributed by atoms with Gasteiger partial charge in [0.2, 0.25) is 0 Å². The van der Waals surface area contributed by atoms with Crippen LogP contribution < -0.4 is 5.32 Å². The topological polar surface area (TPSA) is 12.0 Å². The summed E-state index contributed by atoms with van der Waals surface area (Å²) in [6.07, 6.45) is 3.98. The van der Waals surface area contributed by atoms with Crippen LogP contribution in [0.5, 0.6) is 0 Å². The monoisotopic (exact) mass is 269 g/mol. The summed E-state index contributed by atoms with van der Waals surface area (Å²) in [5.41, 5.74) is 2.23. The number of benzene rings is 1. The van der Waals surface area contributed by atoms with Crippen molar-refractivity contribution in [2.24, 2.45) is 0 Å². The number of hydrogen-bond donors (Lipinski definition) is 1. The molecule has 0 saturated heterocycles.